The van der Waals surface area contributed by atoms with Crippen LogP contribution in [0.4, 0.5) is 4.79 Å². The molecule has 0 bridgehead atoms. The summed E-state index contributed by atoms with van der Waals surface area (Å²) < 4.78 is 5.46. The number of carbonyl (C=O) groups is 1. The van der Waals surface area contributed by atoms with E-state index in [4.69, 9.17) is 4.74 Å². The van der Waals surface area contributed by atoms with Crippen molar-refractivity contribution in [3.8, 4) is 0 Å². The summed E-state index contributed by atoms with van der Waals surface area (Å²) in [6.07, 6.45) is 3.60. The molecular weight excluding hydrogens is 222 g/mol. The maximum absolute atomic E-state index is 11.3. The molecule has 4 heteroatoms. The quantitative estimate of drug-likeness (QED) is 0.664. The normalized spacial score (nSPS) is 25.4. The van der Waals surface area contributed by atoms with Crippen LogP contribution >= 0.6 is 11.8 Å². The third-order valence-corrected chi connectivity index (χ3v) is 4.13. The second-order valence-corrected chi connectivity index (χ2v) is 6.53. The third-order valence-electron chi connectivity index (χ3n) is 3.70. The van der Waals surface area contributed by atoms with Crippen LogP contribution < -0.4 is 0 Å². The fraction of sp³-hybridized carbons (Fsp3) is 0.917. The monoisotopic (exact) mass is 245 g/mol. The molecule has 0 aromatic rings. The molecule has 0 unspecified atom stereocenters. The molecule has 0 N–H and O–H groups in total. The van der Waals surface area contributed by atoms with E-state index in [1.54, 1.807) is 6.26 Å². The third kappa shape index (κ3) is 2.92. The fourth-order valence-corrected chi connectivity index (χ4v) is 2.78. The lowest BCUT2D eigenvalue weighted by molar-refractivity contribution is -0.0639. The SMILES string of the molecule is CSC(=O)OC1CC(C)(C)N(C)C(C)(C)C1. The molecule has 0 aliphatic carbocycles. The van der Waals surface area contributed by atoms with Crippen LogP contribution in [0.2, 0.25) is 0 Å². The van der Waals surface area contributed by atoms with Gasteiger partial charge in [0.15, 0.2) is 0 Å². The highest BCUT2D eigenvalue weighted by molar-refractivity contribution is 8.12. The zero-order valence-corrected chi connectivity index (χ0v) is 12.0. The Morgan fingerprint density at radius 1 is 1.25 bits per heavy atom. The summed E-state index contributed by atoms with van der Waals surface area (Å²) >= 11 is 1.14. The minimum absolute atomic E-state index is 0.0427. The van der Waals surface area contributed by atoms with Gasteiger partial charge in [0, 0.05) is 23.9 Å². The number of thioether (sulfide) groups is 1. The van der Waals surface area contributed by atoms with E-state index in [0.717, 1.165) is 24.6 Å². The van der Waals surface area contributed by atoms with Crippen molar-refractivity contribution in [2.24, 2.45) is 0 Å². The minimum Gasteiger partial charge on any atom is -0.454 e. The highest BCUT2D eigenvalue weighted by Gasteiger charge is 2.44. The van der Waals surface area contributed by atoms with Crippen molar-refractivity contribution in [2.45, 2.75) is 57.7 Å². The molecule has 0 radical (unpaired) electrons. The Balaban J connectivity index is 2.75. The molecule has 0 aromatic heterocycles. The Morgan fingerprint density at radius 2 is 1.69 bits per heavy atom. The van der Waals surface area contributed by atoms with E-state index >= 15 is 0 Å². The molecule has 3 nitrogen and oxygen atoms in total. The zero-order chi connectivity index (χ0) is 12.6. The average Bonchev–Trinajstić information content (AvgIpc) is 2.13. The van der Waals surface area contributed by atoms with Crippen molar-refractivity contribution in [3.63, 3.8) is 0 Å². The van der Waals surface area contributed by atoms with Crippen molar-refractivity contribution in [1.29, 1.82) is 0 Å². The summed E-state index contributed by atoms with van der Waals surface area (Å²) in [4.78, 5) is 13.7. The van der Waals surface area contributed by atoms with Crippen LogP contribution in [-0.4, -0.2) is 40.7 Å². The van der Waals surface area contributed by atoms with E-state index < -0.39 is 0 Å². The molecule has 1 fully saturated rings. The van der Waals surface area contributed by atoms with Crippen molar-refractivity contribution in [1.82, 2.24) is 4.90 Å². The number of likely N-dealkylation sites (tertiary alicyclic amines) is 1. The predicted molar refractivity (Wildman–Crippen MR) is 68.9 cm³/mol. The van der Waals surface area contributed by atoms with Crippen LogP contribution in [0.15, 0.2) is 0 Å². The number of nitrogens with zero attached hydrogens (tertiary/aromatic N) is 1. The number of rotatable bonds is 1. The highest BCUT2D eigenvalue weighted by atomic mass is 32.2. The van der Waals surface area contributed by atoms with Crippen LogP contribution in [0.25, 0.3) is 0 Å². The number of hydrogen-bond donors (Lipinski definition) is 0. The summed E-state index contributed by atoms with van der Waals surface area (Å²) in [5.41, 5.74) is 0.149. The van der Waals surface area contributed by atoms with Crippen LogP contribution in [0, 0.1) is 0 Å². The van der Waals surface area contributed by atoms with Gasteiger partial charge in [0.1, 0.15) is 6.10 Å². The first-order chi connectivity index (χ1) is 7.19. The van der Waals surface area contributed by atoms with E-state index in [-0.39, 0.29) is 22.5 Å². The second kappa shape index (κ2) is 4.57. The topological polar surface area (TPSA) is 29.5 Å². The molecule has 0 amide bonds. The van der Waals surface area contributed by atoms with Crippen molar-refractivity contribution < 1.29 is 9.53 Å². The average molecular weight is 245 g/mol. The van der Waals surface area contributed by atoms with Gasteiger partial charge < -0.3 is 4.74 Å². The lowest BCUT2D eigenvalue weighted by Gasteiger charge is -2.53. The first-order valence-electron chi connectivity index (χ1n) is 5.67. The van der Waals surface area contributed by atoms with Crippen LogP contribution in [0.3, 0.4) is 0 Å². The molecule has 0 saturated carbocycles. The van der Waals surface area contributed by atoms with Crippen LogP contribution in [-0.2, 0) is 4.74 Å². The predicted octanol–water partition coefficient (Wildman–Crippen LogP) is 3.14. The standard InChI is InChI=1S/C12H23NO2S/c1-11(2)7-9(15-10(14)16-6)8-12(3,4)13(11)5/h9H,7-8H2,1-6H3. The molecule has 0 spiro atoms. The van der Waals surface area contributed by atoms with Gasteiger partial charge in [-0.25, -0.2) is 4.79 Å². The van der Waals surface area contributed by atoms with Gasteiger partial charge in [-0.1, -0.05) is 0 Å². The first-order valence-corrected chi connectivity index (χ1v) is 6.90. The number of piperidine rings is 1. The van der Waals surface area contributed by atoms with Crippen molar-refractivity contribution in [3.05, 3.63) is 0 Å². The Bertz CT molecular complexity index is 258. The molecule has 0 aromatic carbocycles. The molecule has 1 aliphatic heterocycles. The molecule has 1 saturated heterocycles. The molecular formula is C12H23NO2S. The van der Waals surface area contributed by atoms with Gasteiger partial charge in [0.2, 0.25) is 0 Å². The first kappa shape index (κ1) is 13.8. The molecule has 1 aliphatic rings. The molecule has 94 valence electrons. The summed E-state index contributed by atoms with van der Waals surface area (Å²) in [5.74, 6) is 0. The van der Waals surface area contributed by atoms with E-state index in [1.807, 2.05) is 0 Å². The summed E-state index contributed by atoms with van der Waals surface area (Å²) in [6, 6.07) is 0. The van der Waals surface area contributed by atoms with Gasteiger partial charge in [0.05, 0.1) is 0 Å². The summed E-state index contributed by atoms with van der Waals surface area (Å²) in [7, 11) is 2.15. The van der Waals surface area contributed by atoms with Crippen LogP contribution in [0.5, 0.6) is 0 Å². The van der Waals surface area contributed by atoms with Gasteiger partial charge in [-0.3, -0.25) is 4.90 Å². The van der Waals surface area contributed by atoms with E-state index in [0.29, 0.717) is 0 Å². The highest BCUT2D eigenvalue weighted by Crippen LogP contribution is 2.38. The van der Waals surface area contributed by atoms with E-state index in [9.17, 15) is 4.79 Å². The number of carbonyl (C=O) groups excluding carboxylic acids is 1. The van der Waals surface area contributed by atoms with Gasteiger partial charge >= 0.3 is 5.30 Å². The molecule has 1 heterocycles. The minimum atomic E-state index is -0.166. The van der Waals surface area contributed by atoms with Crippen molar-refractivity contribution in [2.75, 3.05) is 13.3 Å². The largest absolute Gasteiger partial charge is 0.454 e. The lowest BCUT2D eigenvalue weighted by Crippen LogP contribution is -2.60. The number of hydrogen-bond acceptors (Lipinski definition) is 4. The smallest absolute Gasteiger partial charge is 0.367 e. The van der Waals surface area contributed by atoms with Crippen molar-refractivity contribution >= 4 is 17.1 Å². The fourth-order valence-electron chi connectivity index (χ4n) is 2.55. The van der Waals surface area contributed by atoms with E-state index in [1.165, 1.54) is 0 Å². The zero-order valence-electron chi connectivity index (χ0n) is 11.2. The Hall–Kier alpha value is -0.220. The van der Waals surface area contributed by atoms with Gasteiger partial charge in [-0.15, -0.1) is 0 Å². The Morgan fingerprint density at radius 3 is 2.06 bits per heavy atom. The maximum Gasteiger partial charge on any atom is 0.367 e. The lowest BCUT2D eigenvalue weighted by atomic mass is 9.79. The van der Waals surface area contributed by atoms with Gasteiger partial charge in [-0.2, -0.15) is 0 Å². The molecule has 16 heavy (non-hydrogen) atoms. The Kier molecular flexibility index (Phi) is 3.95. The summed E-state index contributed by atoms with van der Waals surface area (Å²) in [5, 5.41) is -0.166. The Labute approximate surface area is 103 Å². The van der Waals surface area contributed by atoms with Gasteiger partial charge in [-0.05, 0) is 52.8 Å². The molecule has 0 atom stereocenters. The van der Waals surface area contributed by atoms with Crippen LogP contribution in [0.1, 0.15) is 40.5 Å². The maximum atomic E-state index is 11.3. The summed E-state index contributed by atoms with van der Waals surface area (Å²) in [6.45, 7) is 8.81. The van der Waals surface area contributed by atoms with E-state index in [2.05, 4.69) is 39.6 Å². The number of ether oxygens (including phenoxy) is 1. The second-order valence-electron chi connectivity index (χ2n) is 5.79. The van der Waals surface area contributed by atoms with Gasteiger partial charge in [0.25, 0.3) is 0 Å². The molecule has 1 rings (SSSR count).